The van der Waals surface area contributed by atoms with Gasteiger partial charge in [0, 0.05) is 65.1 Å². The fraction of sp³-hybridized carbons (Fsp3) is 0.857. The van der Waals surface area contributed by atoms with Gasteiger partial charge in [-0.15, -0.1) is 4.52 Å². The van der Waals surface area contributed by atoms with Crippen molar-refractivity contribution >= 4 is 23.5 Å². The van der Waals surface area contributed by atoms with E-state index in [2.05, 4.69) is 10.3 Å². The molecule has 1 aromatic rings. The lowest BCUT2D eigenvalue weighted by Crippen LogP contribution is -2.50. The number of ether oxygens (including phenoxy) is 3. The molecule has 0 spiro atoms. The Kier molecular flexibility index (Phi) is 14.7. The van der Waals surface area contributed by atoms with Crippen molar-refractivity contribution in [3.8, 4) is 0 Å². The van der Waals surface area contributed by atoms with Crippen LogP contribution in [0.15, 0.2) is 15.8 Å². The second-order valence-corrected chi connectivity index (χ2v) is 20.1. The average molecular weight is 772 g/mol. The van der Waals surface area contributed by atoms with Crippen LogP contribution in [-0.4, -0.2) is 165 Å². The molecule has 0 amide bonds. The first-order chi connectivity index (χ1) is 23.4. The number of H-pyrrole nitrogens is 1. The Morgan fingerprint density at radius 2 is 1.34 bits per heavy atom. The zero-order valence-corrected chi connectivity index (χ0v) is 33.1. The van der Waals surface area contributed by atoms with Crippen molar-refractivity contribution in [3.05, 3.63) is 32.6 Å². The third-order valence-corrected chi connectivity index (χ3v) is 14.5. The van der Waals surface area contributed by atoms with Gasteiger partial charge in [0.25, 0.3) is 5.56 Å². The SMILES string of the molecule is Cc1cn([C@H]2CNC[C@@H](COP(=O)(N(C)C)N3C[C@@H](COP(=O)(N(C)C)N4C[C@@H](CO[P+](=O)N(C)C)O[C@@H](C)C4)O[C@@H](C)C3)O2)c(=O)[nH]c1=O. The van der Waals surface area contributed by atoms with Crippen LogP contribution in [0.3, 0.4) is 0 Å². The average Bonchev–Trinajstić information content (AvgIpc) is 3.06. The van der Waals surface area contributed by atoms with Gasteiger partial charge in [0.1, 0.15) is 6.61 Å². The van der Waals surface area contributed by atoms with E-state index in [0.717, 1.165) is 0 Å². The number of rotatable bonds is 15. The fourth-order valence-corrected chi connectivity index (χ4v) is 10.6. The number of nitrogens with zero attached hydrogens (tertiary/aromatic N) is 6. The number of aromatic nitrogens is 2. The summed E-state index contributed by atoms with van der Waals surface area (Å²) >= 11 is 0. The summed E-state index contributed by atoms with van der Waals surface area (Å²) in [5.74, 6) is 0. The summed E-state index contributed by atoms with van der Waals surface area (Å²) in [6, 6.07) is 0. The molecule has 50 heavy (non-hydrogen) atoms. The number of hydrogen-bond donors (Lipinski definition) is 2. The van der Waals surface area contributed by atoms with E-state index in [1.807, 2.05) is 13.8 Å². The first kappa shape index (κ1) is 41.5. The summed E-state index contributed by atoms with van der Waals surface area (Å²) in [5, 5.41) is 3.22. The maximum absolute atomic E-state index is 14.5. The molecule has 0 bridgehead atoms. The maximum Gasteiger partial charge on any atom is 0.615 e. The van der Waals surface area contributed by atoms with Crippen molar-refractivity contribution in [1.29, 1.82) is 0 Å². The molecule has 2 N–H and O–H groups in total. The monoisotopic (exact) mass is 771 g/mol. The van der Waals surface area contributed by atoms with Crippen LogP contribution in [0.5, 0.6) is 0 Å². The van der Waals surface area contributed by atoms with Gasteiger partial charge in [-0.1, -0.05) is 4.67 Å². The Labute approximate surface area is 294 Å². The highest BCUT2D eigenvalue weighted by atomic mass is 31.2. The Morgan fingerprint density at radius 1 is 0.820 bits per heavy atom. The summed E-state index contributed by atoms with van der Waals surface area (Å²) in [4.78, 5) is 26.6. The smallest absolute Gasteiger partial charge is 0.370 e. The predicted octanol–water partition coefficient (Wildman–Crippen LogP) is 1.12. The lowest BCUT2D eigenvalue weighted by molar-refractivity contribution is -0.0990. The standard InChI is InChI=1S/C28H53N8O11P3/c1-20-12-36(28(38)30-27(20)37)26-11-29-10-23(47-26)18-43-49(40,32(6)7)35-14-22(3)46-25(16-35)19-44-50(41,33(8)9)34-13-21(2)45-24(15-34)17-42-48(39)31(4)5/h12,21-26,29H,10-11,13-19H2,1-9H3/p+1/t21-,22-,23-,24-,25-,26+,49?,50?/m0/s1. The van der Waals surface area contributed by atoms with Crippen LogP contribution in [0.2, 0.25) is 0 Å². The Balaban J connectivity index is 1.40. The van der Waals surface area contributed by atoms with Crippen LogP contribution in [0.25, 0.3) is 0 Å². The van der Waals surface area contributed by atoms with Crippen molar-refractivity contribution in [2.75, 3.05) is 101 Å². The van der Waals surface area contributed by atoms with Crippen LogP contribution < -0.4 is 16.6 Å². The van der Waals surface area contributed by atoms with Crippen molar-refractivity contribution in [2.24, 2.45) is 0 Å². The Bertz CT molecular complexity index is 1530. The topological polar surface area (TPSA) is 190 Å². The zero-order valence-electron chi connectivity index (χ0n) is 30.4. The molecule has 1 aromatic heterocycles. The minimum Gasteiger partial charge on any atom is -0.370 e. The molecule has 4 heterocycles. The van der Waals surface area contributed by atoms with Crippen LogP contribution in [0.4, 0.5) is 0 Å². The van der Waals surface area contributed by atoms with E-state index in [0.29, 0.717) is 31.7 Å². The molecular formula is C28H54N8O11P3+. The molecule has 19 nitrogen and oxygen atoms in total. The van der Waals surface area contributed by atoms with Crippen molar-refractivity contribution in [3.63, 3.8) is 0 Å². The third kappa shape index (κ3) is 10.2. The second-order valence-electron chi connectivity index (χ2n) is 13.4. The molecule has 3 fully saturated rings. The molecule has 3 unspecified atom stereocenters. The summed E-state index contributed by atoms with van der Waals surface area (Å²) in [5.41, 5.74) is -0.670. The lowest BCUT2D eigenvalue weighted by atomic mass is 10.2. The van der Waals surface area contributed by atoms with E-state index < -0.39 is 59.3 Å². The van der Waals surface area contributed by atoms with Crippen LogP contribution >= 0.6 is 23.5 Å². The van der Waals surface area contributed by atoms with Gasteiger partial charge in [-0.2, -0.15) is 0 Å². The first-order valence-corrected chi connectivity index (χ1v) is 20.7. The number of aromatic amines is 1. The van der Waals surface area contributed by atoms with Crippen molar-refractivity contribution in [1.82, 2.24) is 38.2 Å². The van der Waals surface area contributed by atoms with Crippen molar-refractivity contribution < 1.29 is 41.5 Å². The highest BCUT2D eigenvalue weighted by Gasteiger charge is 2.45. The summed E-state index contributed by atoms with van der Waals surface area (Å²) < 4.78 is 86.6. The van der Waals surface area contributed by atoms with E-state index in [-0.39, 0.29) is 45.1 Å². The lowest BCUT2D eigenvalue weighted by Gasteiger charge is -2.44. The number of morpholine rings is 3. The third-order valence-electron chi connectivity index (χ3n) is 8.39. The van der Waals surface area contributed by atoms with Gasteiger partial charge in [-0.25, -0.2) is 23.5 Å². The number of hydrogen-bond acceptors (Lipinski definition) is 12. The molecule has 4 rings (SSSR count). The summed E-state index contributed by atoms with van der Waals surface area (Å²) in [6.07, 6.45) is -1.47. The van der Waals surface area contributed by atoms with Gasteiger partial charge in [-0.05, 0) is 53.5 Å². The first-order valence-electron chi connectivity index (χ1n) is 16.5. The molecule has 0 radical (unpaired) electrons. The quantitative estimate of drug-likeness (QED) is 0.241. The molecule has 22 heteroatoms. The highest BCUT2D eigenvalue weighted by Crippen LogP contribution is 2.56. The van der Waals surface area contributed by atoms with Gasteiger partial charge in [0.2, 0.25) is 0 Å². The molecule has 3 saturated heterocycles. The molecule has 9 atom stereocenters. The molecule has 0 aromatic carbocycles. The van der Waals surface area contributed by atoms with E-state index >= 15 is 0 Å². The van der Waals surface area contributed by atoms with E-state index in [1.165, 1.54) is 15.4 Å². The minimum absolute atomic E-state index is 0.0400. The summed E-state index contributed by atoms with van der Waals surface area (Å²) in [7, 11) is 0.822. The largest absolute Gasteiger partial charge is 0.615 e. The Morgan fingerprint density at radius 3 is 1.86 bits per heavy atom. The highest BCUT2D eigenvalue weighted by molar-refractivity contribution is 7.54. The van der Waals surface area contributed by atoms with E-state index in [4.69, 9.17) is 27.8 Å². The fourth-order valence-electron chi connectivity index (χ4n) is 5.91. The molecule has 0 aliphatic carbocycles. The van der Waals surface area contributed by atoms with E-state index in [1.54, 1.807) is 67.9 Å². The zero-order chi connectivity index (χ0) is 37.0. The van der Waals surface area contributed by atoms with Crippen LogP contribution in [0, 0.1) is 6.92 Å². The van der Waals surface area contributed by atoms with Gasteiger partial charge in [-0.3, -0.25) is 23.5 Å². The van der Waals surface area contributed by atoms with Crippen LogP contribution in [0.1, 0.15) is 25.6 Å². The predicted molar refractivity (Wildman–Crippen MR) is 186 cm³/mol. The minimum atomic E-state index is -3.61. The normalized spacial score (nSPS) is 30.0. The molecular weight excluding hydrogens is 717 g/mol. The summed E-state index contributed by atoms with van der Waals surface area (Å²) in [6.45, 7) is 7.12. The van der Waals surface area contributed by atoms with Crippen molar-refractivity contribution in [2.45, 2.75) is 57.5 Å². The number of aryl methyl sites for hydroxylation is 1. The Hall–Kier alpha value is -1.24. The molecule has 3 aliphatic rings. The van der Waals surface area contributed by atoms with Gasteiger partial charge >= 0.3 is 29.2 Å². The van der Waals surface area contributed by atoms with E-state index in [9.17, 15) is 23.3 Å². The van der Waals surface area contributed by atoms with Gasteiger partial charge in [0.15, 0.2) is 6.23 Å². The second kappa shape index (κ2) is 17.7. The molecule has 286 valence electrons. The number of nitrogens with one attached hydrogen (secondary N) is 2. The maximum atomic E-state index is 14.5. The molecule has 3 aliphatic heterocycles. The van der Waals surface area contributed by atoms with Crippen LogP contribution in [-0.2, 0) is 41.5 Å². The van der Waals surface area contributed by atoms with Gasteiger partial charge < -0.3 is 28.6 Å². The van der Waals surface area contributed by atoms with Gasteiger partial charge in [0.05, 0.1) is 43.7 Å². The molecule has 0 saturated carbocycles.